The topological polar surface area (TPSA) is 49.4 Å². The second-order valence-electron chi connectivity index (χ2n) is 7.29. The van der Waals surface area contributed by atoms with Crippen molar-refractivity contribution >= 4 is 34.8 Å². The molecule has 1 fully saturated rings. The summed E-state index contributed by atoms with van der Waals surface area (Å²) < 4.78 is 0. The van der Waals surface area contributed by atoms with E-state index in [2.05, 4.69) is 18.3 Å². The van der Waals surface area contributed by atoms with Crippen LogP contribution in [-0.4, -0.2) is 17.9 Å². The average molecular weight is 369 g/mol. The van der Waals surface area contributed by atoms with Crippen LogP contribution in [0.15, 0.2) is 42.5 Å². The van der Waals surface area contributed by atoms with Gasteiger partial charge in [0.15, 0.2) is 0 Å². The molecular weight excluding hydrogens is 348 g/mol. The van der Waals surface area contributed by atoms with E-state index in [0.717, 1.165) is 23.4 Å². The van der Waals surface area contributed by atoms with Crippen molar-refractivity contribution in [3.8, 4) is 0 Å². The van der Waals surface area contributed by atoms with Crippen LogP contribution in [0.4, 0.5) is 11.4 Å². The average Bonchev–Trinajstić information content (AvgIpc) is 3.33. The van der Waals surface area contributed by atoms with E-state index in [1.54, 1.807) is 12.1 Å². The third-order valence-corrected chi connectivity index (χ3v) is 5.57. The normalized spacial score (nSPS) is 23.5. The fourth-order valence-electron chi connectivity index (χ4n) is 3.83. The van der Waals surface area contributed by atoms with E-state index >= 15 is 0 Å². The third-order valence-electron chi connectivity index (χ3n) is 5.34. The van der Waals surface area contributed by atoms with Crippen molar-refractivity contribution in [3.63, 3.8) is 0 Å². The summed E-state index contributed by atoms with van der Waals surface area (Å²) in [6.07, 6.45) is 1.48. The number of fused-ring (bicyclic) bond motifs is 1. The Morgan fingerprint density at radius 2 is 1.92 bits per heavy atom. The minimum Gasteiger partial charge on any atom is -0.326 e. The molecule has 0 spiro atoms. The predicted molar refractivity (Wildman–Crippen MR) is 104 cm³/mol. The van der Waals surface area contributed by atoms with E-state index < -0.39 is 0 Å². The first kappa shape index (κ1) is 17.1. The smallest absolute Gasteiger partial charge is 0.231 e. The summed E-state index contributed by atoms with van der Waals surface area (Å²) in [6.45, 7) is 3.96. The monoisotopic (exact) mass is 368 g/mol. The summed E-state index contributed by atoms with van der Waals surface area (Å²) in [5.74, 6) is -0.502. The number of halogens is 1. The largest absolute Gasteiger partial charge is 0.326 e. The number of carbonyl (C=O) groups excluding carboxylic acids is 2. The molecule has 2 aromatic rings. The Labute approximate surface area is 158 Å². The second kappa shape index (κ2) is 6.44. The molecule has 1 aliphatic carbocycles. The lowest BCUT2D eigenvalue weighted by atomic mass is 10.1. The summed E-state index contributed by atoms with van der Waals surface area (Å²) in [4.78, 5) is 27.4. The van der Waals surface area contributed by atoms with E-state index in [9.17, 15) is 9.59 Å². The highest BCUT2D eigenvalue weighted by Gasteiger charge is 2.51. The van der Waals surface area contributed by atoms with Crippen LogP contribution in [0.3, 0.4) is 0 Å². The van der Waals surface area contributed by atoms with Gasteiger partial charge >= 0.3 is 0 Å². The highest BCUT2D eigenvalue weighted by Crippen LogP contribution is 2.44. The number of nitrogens with one attached hydrogen (secondary N) is 1. The molecule has 1 N–H and O–H groups in total. The molecule has 4 rings (SSSR count). The van der Waals surface area contributed by atoms with E-state index in [1.165, 1.54) is 5.56 Å². The molecule has 3 atom stereocenters. The van der Waals surface area contributed by atoms with Gasteiger partial charge in [-0.25, -0.2) is 0 Å². The molecule has 2 aliphatic rings. The molecule has 1 heterocycles. The van der Waals surface area contributed by atoms with Gasteiger partial charge in [-0.2, -0.15) is 0 Å². The fraction of sp³-hybridized carbons (Fsp3) is 0.333. The van der Waals surface area contributed by atoms with Gasteiger partial charge in [0.05, 0.1) is 11.8 Å². The van der Waals surface area contributed by atoms with Crippen LogP contribution in [0.5, 0.6) is 0 Å². The molecule has 0 aromatic heterocycles. The van der Waals surface area contributed by atoms with Gasteiger partial charge in [-0.3, -0.25) is 9.59 Å². The van der Waals surface area contributed by atoms with Crippen molar-refractivity contribution in [3.05, 3.63) is 58.6 Å². The molecule has 2 amide bonds. The molecule has 0 radical (unpaired) electrons. The van der Waals surface area contributed by atoms with Crippen LogP contribution in [-0.2, 0) is 16.0 Å². The Bertz CT molecular complexity index is 895. The van der Waals surface area contributed by atoms with E-state index in [0.29, 0.717) is 11.4 Å². The number of benzene rings is 2. The number of amides is 2. The van der Waals surface area contributed by atoms with E-state index in [-0.39, 0.29) is 29.7 Å². The first-order valence-electron chi connectivity index (χ1n) is 8.93. The molecule has 26 heavy (non-hydrogen) atoms. The minimum absolute atomic E-state index is 0.0652. The maximum Gasteiger partial charge on any atom is 0.231 e. The molecule has 2 aromatic carbocycles. The Kier molecular flexibility index (Phi) is 4.23. The lowest BCUT2D eigenvalue weighted by Gasteiger charge is -2.23. The van der Waals surface area contributed by atoms with Crippen molar-refractivity contribution in [2.75, 3.05) is 10.2 Å². The molecule has 134 valence electrons. The van der Waals surface area contributed by atoms with Gasteiger partial charge in [0, 0.05) is 22.4 Å². The maximum absolute atomic E-state index is 13.0. The van der Waals surface area contributed by atoms with Crippen LogP contribution >= 0.6 is 11.6 Å². The number of hydrogen-bond acceptors (Lipinski definition) is 2. The number of hydrogen-bond donors (Lipinski definition) is 1. The van der Waals surface area contributed by atoms with Crippen LogP contribution in [0.1, 0.15) is 24.5 Å². The zero-order chi connectivity index (χ0) is 18.4. The summed E-state index contributed by atoms with van der Waals surface area (Å²) >= 11 is 5.96. The molecule has 4 nitrogen and oxygen atoms in total. The SMILES string of the molecule is Cc1cc(Cl)ccc1NC(=O)C1CC1C(=O)N1c2ccccc2CC1C. The summed E-state index contributed by atoms with van der Waals surface area (Å²) in [5.41, 5.74) is 3.85. The highest BCUT2D eigenvalue weighted by molar-refractivity contribution is 6.30. The lowest BCUT2D eigenvalue weighted by molar-refractivity contribution is -0.123. The molecule has 5 heteroatoms. The molecule has 1 aliphatic heterocycles. The number of aryl methyl sites for hydroxylation is 1. The molecule has 0 bridgehead atoms. The second-order valence-corrected chi connectivity index (χ2v) is 7.72. The Morgan fingerprint density at radius 3 is 2.69 bits per heavy atom. The van der Waals surface area contributed by atoms with Gasteiger partial charge in [0.1, 0.15) is 0 Å². The van der Waals surface area contributed by atoms with Crippen molar-refractivity contribution < 1.29 is 9.59 Å². The summed E-state index contributed by atoms with van der Waals surface area (Å²) in [5, 5.41) is 3.58. The van der Waals surface area contributed by atoms with Gasteiger partial charge in [0.25, 0.3) is 0 Å². The van der Waals surface area contributed by atoms with Crippen molar-refractivity contribution in [1.29, 1.82) is 0 Å². The number of nitrogens with zero attached hydrogens (tertiary/aromatic N) is 1. The van der Waals surface area contributed by atoms with Gasteiger partial charge in [-0.15, -0.1) is 0 Å². The zero-order valence-electron chi connectivity index (χ0n) is 14.8. The standard InChI is InChI=1S/C21H21ClN2O2/c1-12-9-15(22)7-8-18(12)23-20(25)16-11-17(16)21(26)24-13(2)10-14-5-3-4-6-19(14)24/h3-9,13,16-17H,10-11H2,1-2H3,(H,23,25). The van der Waals surface area contributed by atoms with Crippen molar-refractivity contribution in [2.45, 2.75) is 32.7 Å². The van der Waals surface area contributed by atoms with Gasteiger partial charge < -0.3 is 10.2 Å². The quantitative estimate of drug-likeness (QED) is 0.882. The molecule has 3 unspecified atom stereocenters. The fourth-order valence-corrected chi connectivity index (χ4v) is 4.06. The first-order chi connectivity index (χ1) is 12.5. The van der Waals surface area contributed by atoms with Crippen molar-refractivity contribution in [1.82, 2.24) is 0 Å². The Balaban J connectivity index is 1.45. The Morgan fingerprint density at radius 1 is 1.15 bits per heavy atom. The molecule has 1 saturated carbocycles. The number of anilines is 2. The Hall–Kier alpha value is -2.33. The van der Waals surface area contributed by atoms with Crippen LogP contribution < -0.4 is 10.2 Å². The van der Waals surface area contributed by atoms with Crippen LogP contribution in [0, 0.1) is 18.8 Å². The predicted octanol–water partition coefficient (Wildman–Crippen LogP) is 4.20. The third kappa shape index (κ3) is 2.99. The number of rotatable bonds is 3. The minimum atomic E-state index is -0.252. The van der Waals surface area contributed by atoms with Crippen LogP contribution in [0.25, 0.3) is 0 Å². The summed E-state index contributed by atoms with van der Waals surface area (Å²) in [6, 6.07) is 13.5. The van der Waals surface area contributed by atoms with Gasteiger partial charge in [-0.1, -0.05) is 29.8 Å². The summed E-state index contributed by atoms with van der Waals surface area (Å²) in [7, 11) is 0. The van der Waals surface area contributed by atoms with Crippen molar-refractivity contribution in [2.24, 2.45) is 11.8 Å². The molecule has 0 saturated heterocycles. The van der Waals surface area contributed by atoms with Gasteiger partial charge in [-0.05, 0) is 62.1 Å². The molecular formula is C21H21ClN2O2. The maximum atomic E-state index is 13.0. The lowest BCUT2D eigenvalue weighted by Crippen LogP contribution is -2.37. The van der Waals surface area contributed by atoms with Crippen LogP contribution in [0.2, 0.25) is 5.02 Å². The highest BCUT2D eigenvalue weighted by atomic mass is 35.5. The van der Waals surface area contributed by atoms with E-state index in [1.807, 2.05) is 36.1 Å². The number of para-hydroxylation sites is 1. The number of carbonyl (C=O) groups is 2. The van der Waals surface area contributed by atoms with Gasteiger partial charge in [0.2, 0.25) is 11.8 Å². The van der Waals surface area contributed by atoms with E-state index in [4.69, 9.17) is 11.6 Å². The zero-order valence-corrected chi connectivity index (χ0v) is 15.6. The first-order valence-corrected chi connectivity index (χ1v) is 9.31.